The average molecular weight is 385 g/mol. The molecule has 3 rings (SSSR count). The van der Waals surface area contributed by atoms with Crippen LogP contribution in [0.1, 0.15) is 38.2 Å². The molecular formula is C20H27N5O3. The van der Waals surface area contributed by atoms with Crippen LogP contribution < -0.4 is 16.7 Å². The Labute approximate surface area is 164 Å². The van der Waals surface area contributed by atoms with Gasteiger partial charge in [-0.1, -0.05) is 19.1 Å². The van der Waals surface area contributed by atoms with Crippen LogP contribution in [0.15, 0.2) is 41.3 Å². The Morgan fingerprint density at radius 1 is 1.25 bits per heavy atom. The summed E-state index contributed by atoms with van der Waals surface area (Å²) in [7, 11) is 0. The maximum absolute atomic E-state index is 12.0. The van der Waals surface area contributed by atoms with E-state index < -0.39 is 11.8 Å². The third-order valence-electron chi connectivity index (χ3n) is 5.37. The molecule has 1 amide bonds. The van der Waals surface area contributed by atoms with Crippen LogP contribution in [0.2, 0.25) is 0 Å². The standard InChI is InChI=1S/C20H27N5O3/c1-2-24(16-9-5-15(6-10-16)22-20(27)28)13-14-3-7-17(8-4-14)25-12-11-18(21)23-19(25)26/h3-4,7-8,11-12,15-16,22H,2,5-6,9-10,13H2,1H3,(H,27,28)(H2,21,23,26). The predicted molar refractivity (Wildman–Crippen MR) is 108 cm³/mol. The van der Waals surface area contributed by atoms with Gasteiger partial charge in [0.1, 0.15) is 5.82 Å². The third kappa shape index (κ3) is 4.89. The number of nitrogen functional groups attached to an aromatic ring is 1. The van der Waals surface area contributed by atoms with Gasteiger partial charge in [-0.05, 0) is 56.0 Å². The Morgan fingerprint density at radius 2 is 1.93 bits per heavy atom. The molecule has 0 spiro atoms. The van der Waals surface area contributed by atoms with Crippen molar-refractivity contribution in [3.63, 3.8) is 0 Å². The van der Waals surface area contributed by atoms with Crippen LogP contribution in [0.25, 0.3) is 5.69 Å². The van der Waals surface area contributed by atoms with Gasteiger partial charge in [0.05, 0.1) is 5.69 Å². The van der Waals surface area contributed by atoms with Crippen molar-refractivity contribution in [2.75, 3.05) is 12.3 Å². The molecule has 1 fully saturated rings. The summed E-state index contributed by atoms with van der Waals surface area (Å²) in [5.41, 5.74) is 7.07. The van der Waals surface area contributed by atoms with E-state index in [1.54, 1.807) is 12.3 Å². The van der Waals surface area contributed by atoms with E-state index in [1.165, 1.54) is 10.1 Å². The first kappa shape index (κ1) is 19.9. The first-order valence-corrected chi connectivity index (χ1v) is 9.64. The summed E-state index contributed by atoms with van der Waals surface area (Å²) in [6.45, 7) is 3.91. The Bertz CT molecular complexity index is 857. The summed E-state index contributed by atoms with van der Waals surface area (Å²) < 4.78 is 1.47. The second-order valence-electron chi connectivity index (χ2n) is 7.19. The fraction of sp³-hybridized carbons (Fsp3) is 0.450. The number of rotatable bonds is 6. The number of nitrogens with zero attached hydrogens (tertiary/aromatic N) is 3. The number of benzene rings is 1. The highest BCUT2D eigenvalue weighted by Crippen LogP contribution is 2.24. The second-order valence-corrected chi connectivity index (χ2v) is 7.19. The van der Waals surface area contributed by atoms with Crippen molar-refractivity contribution in [1.29, 1.82) is 0 Å². The minimum absolute atomic E-state index is 0.0681. The summed E-state index contributed by atoms with van der Waals surface area (Å²) in [5.74, 6) is 0.213. The zero-order valence-corrected chi connectivity index (χ0v) is 16.0. The van der Waals surface area contributed by atoms with Crippen LogP contribution in [0.3, 0.4) is 0 Å². The molecule has 28 heavy (non-hydrogen) atoms. The van der Waals surface area contributed by atoms with E-state index in [4.69, 9.17) is 10.8 Å². The maximum atomic E-state index is 12.0. The maximum Gasteiger partial charge on any atom is 0.404 e. The molecule has 8 nitrogen and oxygen atoms in total. The molecule has 150 valence electrons. The molecule has 0 saturated heterocycles. The molecule has 0 atom stereocenters. The highest BCUT2D eigenvalue weighted by Gasteiger charge is 2.26. The molecule has 8 heteroatoms. The lowest BCUT2D eigenvalue weighted by Gasteiger charge is -2.36. The van der Waals surface area contributed by atoms with Gasteiger partial charge in [0, 0.05) is 24.8 Å². The van der Waals surface area contributed by atoms with E-state index in [0.717, 1.165) is 44.5 Å². The highest BCUT2D eigenvalue weighted by atomic mass is 16.4. The number of hydrogen-bond acceptors (Lipinski definition) is 5. The number of carbonyl (C=O) groups is 1. The largest absolute Gasteiger partial charge is 0.465 e. The van der Waals surface area contributed by atoms with E-state index >= 15 is 0 Å². The van der Waals surface area contributed by atoms with E-state index in [0.29, 0.717) is 6.04 Å². The van der Waals surface area contributed by atoms with Gasteiger partial charge in [0.25, 0.3) is 0 Å². The molecule has 0 aliphatic heterocycles. The fourth-order valence-corrected chi connectivity index (χ4v) is 3.87. The number of hydrogen-bond donors (Lipinski definition) is 3. The topological polar surface area (TPSA) is 113 Å². The van der Waals surface area contributed by atoms with Gasteiger partial charge in [-0.25, -0.2) is 9.59 Å². The van der Waals surface area contributed by atoms with Crippen molar-refractivity contribution in [1.82, 2.24) is 19.8 Å². The van der Waals surface area contributed by atoms with Gasteiger partial charge < -0.3 is 16.2 Å². The number of amides is 1. The summed E-state index contributed by atoms with van der Waals surface area (Å²) in [6, 6.07) is 10.0. The zero-order chi connectivity index (χ0) is 20.1. The van der Waals surface area contributed by atoms with Crippen molar-refractivity contribution in [2.24, 2.45) is 0 Å². The van der Waals surface area contributed by atoms with Gasteiger partial charge in [-0.15, -0.1) is 0 Å². The van der Waals surface area contributed by atoms with Crippen LogP contribution >= 0.6 is 0 Å². The SMILES string of the molecule is CCN(Cc1ccc(-n2ccc(N)nc2=O)cc1)C1CCC(NC(=O)O)CC1. The van der Waals surface area contributed by atoms with Crippen LogP contribution in [0.4, 0.5) is 10.6 Å². The van der Waals surface area contributed by atoms with Crippen LogP contribution in [0.5, 0.6) is 0 Å². The summed E-state index contributed by atoms with van der Waals surface area (Å²) in [5, 5.41) is 11.5. The molecule has 0 unspecified atom stereocenters. The van der Waals surface area contributed by atoms with E-state index in [9.17, 15) is 9.59 Å². The number of nitrogens with two attached hydrogens (primary N) is 1. The van der Waals surface area contributed by atoms with Gasteiger partial charge in [-0.3, -0.25) is 9.47 Å². The number of aromatic nitrogens is 2. The zero-order valence-electron chi connectivity index (χ0n) is 16.0. The molecule has 1 aromatic carbocycles. The lowest BCUT2D eigenvalue weighted by Crippen LogP contribution is -2.43. The minimum Gasteiger partial charge on any atom is -0.465 e. The Hall–Kier alpha value is -2.87. The molecule has 2 aromatic rings. The van der Waals surface area contributed by atoms with Gasteiger partial charge >= 0.3 is 11.8 Å². The second kappa shape index (κ2) is 8.88. The van der Waals surface area contributed by atoms with Gasteiger partial charge in [0.2, 0.25) is 0 Å². The Kier molecular flexibility index (Phi) is 6.30. The Balaban J connectivity index is 1.62. The van der Waals surface area contributed by atoms with E-state index in [2.05, 4.69) is 22.1 Å². The average Bonchev–Trinajstić information content (AvgIpc) is 2.67. The third-order valence-corrected chi connectivity index (χ3v) is 5.37. The number of nitrogens with one attached hydrogen (secondary N) is 1. The number of anilines is 1. The first-order chi connectivity index (χ1) is 13.5. The van der Waals surface area contributed by atoms with Crippen molar-refractivity contribution in [2.45, 2.75) is 51.2 Å². The monoisotopic (exact) mass is 385 g/mol. The molecular weight excluding hydrogens is 358 g/mol. The lowest BCUT2D eigenvalue weighted by molar-refractivity contribution is 0.138. The first-order valence-electron chi connectivity index (χ1n) is 9.64. The van der Waals surface area contributed by atoms with Gasteiger partial charge in [-0.2, -0.15) is 4.98 Å². The van der Waals surface area contributed by atoms with Crippen molar-refractivity contribution in [3.05, 3.63) is 52.6 Å². The molecule has 1 heterocycles. The van der Waals surface area contributed by atoms with Crippen molar-refractivity contribution >= 4 is 11.9 Å². The molecule has 1 aromatic heterocycles. The summed E-state index contributed by atoms with van der Waals surface area (Å²) >= 11 is 0. The molecule has 0 bridgehead atoms. The molecule has 0 radical (unpaired) electrons. The fourth-order valence-electron chi connectivity index (χ4n) is 3.87. The smallest absolute Gasteiger partial charge is 0.404 e. The number of carboxylic acid groups (broad SMARTS) is 1. The normalized spacial score (nSPS) is 19.5. The quantitative estimate of drug-likeness (QED) is 0.703. The molecule has 1 aliphatic carbocycles. The van der Waals surface area contributed by atoms with E-state index in [-0.39, 0.29) is 11.9 Å². The Morgan fingerprint density at radius 3 is 2.50 bits per heavy atom. The predicted octanol–water partition coefficient (Wildman–Crippen LogP) is 2.22. The van der Waals surface area contributed by atoms with Crippen molar-refractivity contribution in [3.8, 4) is 5.69 Å². The van der Waals surface area contributed by atoms with Crippen LogP contribution in [0, 0.1) is 0 Å². The summed E-state index contributed by atoms with van der Waals surface area (Å²) in [6.07, 6.45) is 4.42. The summed E-state index contributed by atoms with van der Waals surface area (Å²) in [4.78, 5) is 29.0. The molecule has 4 N–H and O–H groups in total. The van der Waals surface area contributed by atoms with Gasteiger partial charge in [0.15, 0.2) is 0 Å². The molecule has 1 saturated carbocycles. The van der Waals surface area contributed by atoms with E-state index in [1.807, 2.05) is 24.3 Å². The minimum atomic E-state index is -0.939. The highest BCUT2D eigenvalue weighted by molar-refractivity contribution is 5.64. The van der Waals surface area contributed by atoms with Crippen LogP contribution in [-0.4, -0.2) is 44.3 Å². The van der Waals surface area contributed by atoms with Crippen LogP contribution in [-0.2, 0) is 6.54 Å². The van der Waals surface area contributed by atoms with Crippen molar-refractivity contribution < 1.29 is 9.90 Å². The lowest BCUT2D eigenvalue weighted by atomic mass is 9.90. The molecule has 1 aliphatic rings.